The second-order valence-corrected chi connectivity index (χ2v) is 8.46. The Morgan fingerprint density at radius 3 is 2.65 bits per heavy atom. The molecule has 112 valence electrons. The predicted octanol–water partition coefficient (Wildman–Crippen LogP) is 1.46. The number of ether oxygens (including phenoxy) is 1. The number of thiophene rings is 1. The molecule has 2 atom stereocenters. The van der Waals surface area contributed by atoms with Gasteiger partial charge in [0.05, 0.1) is 12.2 Å². The van der Waals surface area contributed by atoms with Gasteiger partial charge in [-0.15, -0.1) is 11.3 Å². The van der Waals surface area contributed by atoms with Crippen molar-refractivity contribution in [2.45, 2.75) is 39.0 Å². The summed E-state index contributed by atoms with van der Waals surface area (Å²) in [5.74, 6) is 0. The maximum Gasteiger partial charge on any atom is 0.282 e. The normalized spacial score (nSPS) is 29.3. The maximum atomic E-state index is 12.8. The molecule has 0 aliphatic carbocycles. The van der Waals surface area contributed by atoms with Gasteiger partial charge in [-0.2, -0.15) is 17.0 Å². The van der Waals surface area contributed by atoms with Gasteiger partial charge in [-0.05, 0) is 37.3 Å². The van der Waals surface area contributed by atoms with E-state index in [4.69, 9.17) is 4.74 Å². The first kappa shape index (κ1) is 14.5. The van der Waals surface area contributed by atoms with Gasteiger partial charge >= 0.3 is 0 Å². The lowest BCUT2D eigenvalue weighted by atomic mass is 10.1. The molecule has 0 saturated carbocycles. The van der Waals surface area contributed by atoms with Crippen LogP contribution < -0.4 is 0 Å². The van der Waals surface area contributed by atoms with Gasteiger partial charge in [-0.3, -0.25) is 0 Å². The van der Waals surface area contributed by atoms with Crippen LogP contribution in [0.2, 0.25) is 0 Å². The summed E-state index contributed by atoms with van der Waals surface area (Å²) in [6, 6.07) is 2.03. The standard InChI is InChI=1S/C13H20N2O3S2/c1-10-7-15(8-11(2)18-10)20(16,17)14-5-3-13-12(9-14)4-6-19-13/h4,6,10-11H,3,5,7-9H2,1-2H3/t10-,11-/m0/s1. The summed E-state index contributed by atoms with van der Waals surface area (Å²) in [7, 11) is -3.38. The fraction of sp³-hybridized carbons (Fsp3) is 0.692. The molecule has 0 N–H and O–H groups in total. The first-order chi connectivity index (χ1) is 9.46. The van der Waals surface area contributed by atoms with E-state index in [1.807, 2.05) is 25.3 Å². The summed E-state index contributed by atoms with van der Waals surface area (Å²) in [4.78, 5) is 1.32. The number of nitrogens with zero attached hydrogens (tertiary/aromatic N) is 2. The third kappa shape index (κ3) is 2.65. The Morgan fingerprint density at radius 2 is 1.95 bits per heavy atom. The lowest BCUT2D eigenvalue weighted by Gasteiger charge is -2.38. The molecule has 3 heterocycles. The lowest BCUT2D eigenvalue weighted by molar-refractivity contribution is -0.0455. The van der Waals surface area contributed by atoms with Crippen molar-refractivity contribution in [3.05, 3.63) is 21.9 Å². The molecule has 1 fully saturated rings. The molecule has 20 heavy (non-hydrogen) atoms. The van der Waals surface area contributed by atoms with Crippen LogP contribution in [0.3, 0.4) is 0 Å². The van der Waals surface area contributed by atoms with Crippen LogP contribution in [-0.4, -0.2) is 48.9 Å². The van der Waals surface area contributed by atoms with Crippen LogP contribution in [0.4, 0.5) is 0 Å². The Bertz CT molecular complexity index is 574. The summed E-state index contributed by atoms with van der Waals surface area (Å²) in [5.41, 5.74) is 1.15. The second-order valence-electron chi connectivity index (χ2n) is 5.53. The van der Waals surface area contributed by atoms with Crippen LogP contribution in [0.5, 0.6) is 0 Å². The van der Waals surface area contributed by atoms with Crippen LogP contribution in [0.25, 0.3) is 0 Å². The molecule has 0 unspecified atom stereocenters. The van der Waals surface area contributed by atoms with Crippen molar-refractivity contribution in [1.29, 1.82) is 0 Å². The molecule has 1 aromatic rings. The van der Waals surface area contributed by atoms with E-state index in [0.717, 1.165) is 12.0 Å². The van der Waals surface area contributed by atoms with Gasteiger partial charge in [0.1, 0.15) is 0 Å². The molecular formula is C13H20N2O3S2. The molecule has 0 radical (unpaired) electrons. The minimum Gasteiger partial charge on any atom is -0.373 e. The highest BCUT2D eigenvalue weighted by Gasteiger charge is 2.36. The van der Waals surface area contributed by atoms with Crippen LogP contribution in [0, 0.1) is 0 Å². The summed E-state index contributed by atoms with van der Waals surface area (Å²) < 4.78 is 34.3. The molecule has 3 rings (SSSR count). The molecule has 7 heteroatoms. The highest BCUT2D eigenvalue weighted by Crippen LogP contribution is 2.27. The fourth-order valence-electron chi connectivity index (χ4n) is 2.90. The Labute approximate surface area is 124 Å². The third-order valence-corrected chi connectivity index (χ3v) is 6.75. The van der Waals surface area contributed by atoms with Gasteiger partial charge in [-0.1, -0.05) is 0 Å². The number of rotatable bonds is 2. The molecule has 0 spiro atoms. The Balaban J connectivity index is 1.79. The average Bonchev–Trinajstić information content (AvgIpc) is 2.84. The first-order valence-corrected chi connectivity index (χ1v) is 9.20. The zero-order valence-corrected chi connectivity index (χ0v) is 13.4. The number of hydrogen-bond donors (Lipinski definition) is 0. The van der Waals surface area contributed by atoms with E-state index in [-0.39, 0.29) is 12.2 Å². The predicted molar refractivity (Wildman–Crippen MR) is 78.9 cm³/mol. The van der Waals surface area contributed by atoms with E-state index in [1.54, 1.807) is 19.9 Å². The first-order valence-electron chi connectivity index (χ1n) is 6.92. The summed E-state index contributed by atoms with van der Waals surface area (Å²) in [6.07, 6.45) is 0.729. The van der Waals surface area contributed by atoms with Gasteiger partial charge < -0.3 is 4.74 Å². The molecule has 0 aromatic carbocycles. The Hall–Kier alpha value is -0.470. The molecular weight excluding hydrogens is 296 g/mol. The molecule has 5 nitrogen and oxygen atoms in total. The van der Waals surface area contributed by atoms with E-state index in [1.165, 1.54) is 4.88 Å². The summed E-state index contributed by atoms with van der Waals surface area (Å²) in [6.45, 7) is 5.81. The van der Waals surface area contributed by atoms with Gasteiger partial charge in [0.2, 0.25) is 0 Å². The van der Waals surface area contributed by atoms with E-state index in [2.05, 4.69) is 0 Å². The van der Waals surface area contributed by atoms with Crippen LogP contribution in [0.15, 0.2) is 11.4 Å². The monoisotopic (exact) mass is 316 g/mol. The highest BCUT2D eigenvalue weighted by molar-refractivity contribution is 7.86. The molecule has 0 bridgehead atoms. The molecule has 0 amide bonds. The topological polar surface area (TPSA) is 49.9 Å². The van der Waals surface area contributed by atoms with Gasteiger partial charge in [-0.25, -0.2) is 0 Å². The van der Waals surface area contributed by atoms with E-state index >= 15 is 0 Å². The number of hydrogen-bond acceptors (Lipinski definition) is 4. The quantitative estimate of drug-likeness (QED) is 0.830. The summed E-state index contributed by atoms with van der Waals surface area (Å²) in [5, 5.41) is 2.04. The van der Waals surface area contributed by atoms with Crippen molar-refractivity contribution < 1.29 is 13.2 Å². The Morgan fingerprint density at radius 1 is 1.25 bits per heavy atom. The zero-order valence-electron chi connectivity index (χ0n) is 11.8. The maximum absolute atomic E-state index is 12.8. The van der Waals surface area contributed by atoms with Gasteiger partial charge in [0, 0.05) is 31.1 Å². The van der Waals surface area contributed by atoms with Crippen LogP contribution in [-0.2, 0) is 27.9 Å². The SMILES string of the molecule is C[C@H]1CN(S(=O)(=O)N2CCc3sccc3C2)C[C@H](C)O1. The Kier molecular flexibility index (Phi) is 3.89. The van der Waals surface area contributed by atoms with Crippen molar-refractivity contribution >= 4 is 21.5 Å². The minimum atomic E-state index is -3.38. The van der Waals surface area contributed by atoms with Crippen molar-refractivity contribution in [3.8, 4) is 0 Å². The van der Waals surface area contributed by atoms with E-state index < -0.39 is 10.2 Å². The van der Waals surface area contributed by atoms with E-state index in [9.17, 15) is 8.42 Å². The zero-order chi connectivity index (χ0) is 14.3. The lowest BCUT2D eigenvalue weighted by Crippen LogP contribution is -2.53. The second kappa shape index (κ2) is 5.38. The van der Waals surface area contributed by atoms with Crippen molar-refractivity contribution in [3.63, 3.8) is 0 Å². The van der Waals surface area contributed by atoms with E-state index in [0.29, 0.717) is 26.2 Å². The molecule has 1 aromatic heterocycles. The summed E-state index contributed by atoms with van der Waals surface area (Å²) >= 11 is 1.72. The largest absolute Gasteiger partial charge is 0.373 e. The van der Waals surface area contributed by atoms with Gasteiger partial charge in [0.25, 0.3) is 10.2 Å². The molecule has 2 aliphatic rings. The number of morpholine rings is 1. The average molecular weight is 316 g/mol. The highest BCUT2D eigenvalue weighted by atomic mass is 32.2. The minimum absolute atomic E-state index is 0.0463. The van der Waals surface area contributed by atoms with Crippen molar-refractivity contribution in [2.24, 2.45) is 0 Å². The van der Waals surface area contributed by atoms with Gasteiger partial charge in [0.15, 0.2) is 0 Å². The van der Waals surface area contributed by atoms with Crippen LogP contribution in [0.1, 0.15) is 24.3 Å². The van der Waals surface area contributed by atoms with Crippen molar-refractivity contribution in [1.82, 2.24) is 8.61 Å². The molecule has 1 saturated heterocycles. The fourth-order valence-corrected chi connectivity index (χ4v) is 5.54. The van der Waals surface area contributed by atoms with Crippen LogP contribution >= 0.6 is 11.3 Å². The number of fused-ring (bicyclic) bond motifs is 1. The molecule has 2 aliphatic heterocycles. The smallest absolute Gasteiger partial charge is 0.282 e. The third-order valence-electron chi connectivity index (χ3n) is 3.81. The van der Waals surface area contributed by atoms with Crippen molar-refractivity contribution in [2.75, 3.05) is 19.6 Å².